The number of rotatable bonds is 1. The van der Waals surface area contributed by atoms with Gasteiger partial charge in [-0.3, -0.25) is 4.79 Å². The Balaban J connectivity index is 0.000000229. The molecule has 209 valence electrons. The van der Waals surface area contributed by atoms with Gasteiger partial charge in [0, 0.05) is 37.0 Å². The third kappa shape index (κ3) is 5.38. The van der Waals surface area contributed by atoms with E-state index in [4.69, 9.17) is 4.98 Å². The third-order valence-electron chi connectivity index (χ3n) is 7.54. The molecular formula is C35H36IrNO2Se-. The number of ketones is 1. The normalized spacial score (nSPS) is 14.3. The first-order chi connectivity index (χ1) is 18.2. The average Bonchev–Trinajstić information content (AvgIpc) is 3.22. The first-order valence-corrected chi connectivity index (χ1v) is 15.1. The van der Waals surface area contributed by atoms with E-state index in [1.807, 2.05) is 41.5 Å². The number of aromatic nitrogens is 1. The molecule has 2 heterocycles. The van der Waals surface area contributed by atoms with Gasteiger partial charge in [0.2, 0.25) is 0 Å². The Morgan fingerprint density at radius 1 is 0.900 bits per heavy atom. The summed E-state index contributed by atoms with van der Waals surface area (Å²) in [5, 5.41) is 13.6. The number of benzene rings is 3. The van der Waals surface area contributed by atoms with Crippen LogP contribution in [0, 0.1) is 16.9 Å². The summed E-state index contributed by atoms with van der Waals surface area (Å²) in [4.78, 5) is 16.6. The number of para-hydroxylation sites is 1. The van der Waals surface area contributed by atoms with E-state index in [-0.39, 0.29) is 42.5 Å². The van der Waals surface area contributed by atoms with Crippen molar-refractivity contribution < 1.29 is 30.0 Å². The van der Waals surface area contributed by atoms with Crippen LogP contribution in [0.5, 0.6) is 0 Å². The molecule has 3 aromatic carbocycles. The number of hydrogen-bond acceptors (Lipinski definition) is 3. The Morgan fingerprint density at radius 3 is 2.25 bits per heavy atom. The number of carbonyl (C=O) groups excluding carboxylic acids is 1. The summed E-state index contributed by atoms with van der Waals surface area (Å²) in [6, 6.07) is 25.5. The maximum atomic E-state index is 11.5. The number of allylic oxidation sites excluding steroid dienone is 2. The predicted octanol–water partition coefficient (Wildman–Crippen LogP) is 8.79. The predicted molar refractivity (Wildman–Crippen MR) is 165 cm³/mol. The van der Waals surface area contributed by atoms with Crippen LogP contribution in [0.2, 0.25) is 0 Å². The van der Waals surface area contributed by atoms with Crippen molar-refractivity contribution in [2.24, 2.45) is 10.8 Å². The smallest absolute Gasteiger partial charge is 0 e. The van der Waals surface area contributed by atoms with E-state index in [9.17, 15) is 9.90 Å². The van der Waals surface area contributed by atoms with Crippen molar-refractivity contribution in [1.29, 1.82) is 0 Å². The standard InChI is InChI=1S/C24H16NSe.C11H20O2.Ir/c1-24(2)16-9-6-12-20-22(16)21-15(8-5-11-19(21)26-20)23-17(24)13-14-7-3-4-10-18(14)25-23;1-10(2,3)8(12)7-9(13)11(4,5)6;/h3-7,9-13H,1-2H3;7,12H,1-6H3;/q-1;;/b;8-7-;. The minimum Gasteiger partial charge on any atom is 0 e. The van der Waals surface area contributed by atoms with E-state index in [2.05, 4.69) is 80.6 Å². The summed E-state index contributed by atoms with van der Waals surface area (Å²) in [5.41, 5.74) is 5.21. The van der Waals surface area contributed by atoms with Gasteiger partial charge in [0.15, 0.2) is 5.78 Å². The molecule has 0 fully saturated rings. The van der Waals surface area contributed by atoms with Crippen LogP contribution in [0.1, 0.15) is 66.5 Å². The molecule has 0 amide bonds. The summed E-state index contributed by atoms with van der Waals surface area (Å²) in [6.07, 6.45) is 1.33. The molecule has 1 aliphatic carbocycles. The van der Waals surface area contributed by atoms with Gasteiger partial charge in [-0.2, -0.15) is 0 Å². The van der Waals surface area contributed by atoms with Crippen LogP contribution in [0.25, 0.3) is 41.5 Å². The molecule has 3 nitrogen and oxygen atoms in total. The van der Waals surface area contributed by atoms with Crippen molar-refractivity contribution in [3.05, 3.63) is 89.7 Å². The first kappa shape index (κ1) is 30.4. The first-order valence-electron chi connectivity index (χ1n) is 13.4. The second-order valence-corrected chi connectivity index (χ2v) is 15.2. The molecule has 0 unspecified atom stereocenters. The topological polar surface area (TPSA) is 50.2 Å². The third-order valence-corrected chi connectivity index (χ3v) is 9.89. The van der Waals surface area contributed by atoms with Crippen molar-refractivity contribution in [2.75, 3.05) is 0 Å². The molecule has 0 saturated heterocycles. The monoisotopic (exact) mass is 775 g/mol. The van der Waals surface area contributed by atoms with Gasteiger partial charge >= 0.3 is 158 Å². The minimum atomic E-state index is -0.417. The molecule has 0 spiro atoms. The second-order valence-electron chi connectivity index (χ2n) is 13.0. The summed E-state index contributed by atoms with van der Waals surface area (Å²) in [5.74, 6) is 0.104. The molecular weight excluding hydrogens is 738 g/mol. The fraction of sp³-hybridized carbons (Fsp3) is 0.314. The van der Waals surface area contributed by atoms with Gasteiger partial charge in [-0.15, -0.1) is 0 Å². The largest absolute Gasteiger partial charge is 0 e. The zero-order valence-electron chi connectivity index (χ0n) is 24.4. The molecule has 0 bridgehead atoms. The molecule has 40 heavy (non-hydrogen) atoms. The number of pyridine rings is 1. The zero-order valence-corrected chi connectivity index (χ0v) is 28.5. The second kappa shape index (κ2) is 10.7. The summed E-state index contributed by atoms with van der Waals surface area (Å²) < 4.78 is 2.96. The summed E-state index contributed by atoms with van der Waals surface area (Å²) in [7, 11) is 0. The van der Waals surface area contributed by atoms with Crippen LogP contribution in [-0.4, -0.2) is 30.4 Å². The Bertz CT molecular complexity index is 1780. The van der Waals surface area contributed by atoms with Crippen LogP contribution < -0.4 is 0 Å². The molecule has 6 rings (SSSR count). The summed E-state index contributed by atoms with van der Waals surface area (Å²) >= 11 is 0.370. The van der Waals surface area contributed by atoms with Gasteiger partial charge in [-0.1, -0.05) is 41.5 Å². The van der Waals surface area contributed by atoms with E-state index in [0.29, 0.717) is 14.5 Å². The van der Waals surface area contributed by atoms with Crippen LogP contribution >= 0.6 is 0 Å². The van der Waals surface area contributed by atoms with Crippen molar-refractivity contribution in [1.82, 2.24) is 4.98 Å². The number of fused-ring (bicyclic) bond motifs is 3. The van der Waals surface area contributed by atoms with Crippen LogP contribution in [0.3, 0.4) is 0 Å². The molecule has 1 N–H and O–H groups in total. The van der Waals surface area contributed by atoms with E-state index in [1.54, 1.807) is 0 Å². The van der Waals surface area contributed by atoms with Crippen LogP contribution in [0.4, 0.5) is 0 Å². The number of carbonyl (C=O) groups is 1. The number of aliphatic hydroxyl groups excluding tert-OH is 1. The van der Waals surface area contributed by atoms with Gasteiger partial charge in [-0.05, 0) is 0 Å². The average molecular weight is 774 g/mol. The Kier molecular flexibility index (Phi) is 8.13. The number of hydrogen-bond donors (Lipinski definition) is 1. The molecule has 2 aromatic heterocycles. The maximum Gasteiger partial charge on any atom is 0 e. The SMILES string of the molecule is CC(C)(C)C(=O)/C=C(\O)C(C)(C)C.CC1(C)c2cc3ccccc3nc2-c2[c-]ccc3[se]c4cccc1c4c23.[Ir]. The van der Waals surface area contributed by atoms with Gasteiger partial charge in [-0.25, -0.2) is 0 Å². The maximum absolute atomic E-state index is 11.5. The molecule has 0 aliphatic heterocycles. The zero-order chi connectivity index (χ0) is 28.3. The van der Waals surface area contributed by atoms with E-state index >= 15 is 0 Å². The van der Waals surface area contributed by atoms with Gasteiger partial charge < -0.3 is 5.11 Å². The van der Waals surface area contributed by atoms with Crippen LogP contribution in [0.15, 0.2) is 72.5 Å². The van der Waals surface area contributed by atoms with Gasteiger partial charge in [0.05, 0.1) is 0 Å². The molecule has 5 heteroatoms. The van der Waals surface area contributed by atoms with Crippen molar-refractivity contribution in [3.63, 3.8) is 0 Å². The fourth-order valence-corrected chi connectivity index (χ4v) is 7.39. The molecule has 5 aromatic rings. The molecule has 0 saturated carbocycles. The molecule has 1 radical (unpaired) electrons. The van der Waals surface area contributed by atoms with Crippen molar-refractivity contribution >= 4 is 50.5 Å². The summed E-state index contributed by atoms with van der Waals surface area (Å²) in [6.45, 7) is 15.8. The quantitative estimate of drug-likeness (QED) is 0.0803. The van der Waals surface area contributed by atoms with E-state index < -0.39 is 5.41 Å². The van der Waals surface area contributed by atoms with Crippen LogP contribution in [-0.2, 0) is 30.3 Å². The molecule has 0 atom stereocenters. The van der Waals surface area contributed by atoms with Gasteiger partial charge in [0.1, 0.15) is 5.76 Å². The van der Waals surface area contributed by atoms with E-state index in [0.717, 1.165) is 11.2 Å². The van der Waals surface area contributed by atoms with Gasteiger partial charge in [0.25, 0.3) is 0 Å². The Morgan fingerprint density at radius 2 is 1.57 bits per heavy atom. The molecule has 1 aliphatic rings. The fourth-order valence-electron chi connectivity index (χ4n) is 5.00. The van der Waals surface area contributed by atoms with E-state index in [1.165, 1.54) is 47.4 Å². The van der Waals surface area contributed by atoms with Crippen molar-refractivity contribution in [3.8, 4) is 11.3 Å². The number of aliphatic hydroxyl groups is 1. The minimum absolute atomic E-state index is 0. The Hall–Kier alpha value is -2.55. The van der Waals surface area contributed by atoms with Crippen molar-refractivity contribution in [2.45, 2.75) is 60.8 Å². The Labute approximate surface area is 256 Å². The number of nitrogens with zero attached hydrogens (tertiary/aromatic N) is 1.